The van der Waals surface area contributed by atoms with E-state index in [2.05, 4.69) is 38.1 Å². The van der Waals surface area contributed by atoms with Gasteiger partial charge < -0.3 is 0 Å². The molecule has 2 aliphatic carbocycles. The zero-order valence-electron chi connectivity index (χ0n) is 18.1. The Morgan fingerprint density at radius 3 is 1.73 bits per heavy atom. The van der Waals surface area contributed by atoms with Gasteiger partial charge in [0.25, 0.3) is 0 Å². The van der Waals surface area contributed by atoms with Crippen molar-refractivity contribution < 1.29 is 0 Å². The van der Waals surface area contributed by atoms with E-state index < -0.39 is 0 Å². The molecule has 0 spiro atoms. The second-order valence-electron chi connectivity index (χ2n) is 8.67. The quantitative estimate of drug-likeness (QED) is 0.479. The van der Waals surface area contributed by atoms with Gasteiger partial charge in [0.1, 0.15) is 0 Å². The van der Waals surface area contributed by atoms with Gasteiger partial charge >= 0.3 is 0 Å². The van der Waals surface area contributed by atoms with E-state index in [-0.39, 0.29) is 0 Å². The topological polar surface area (TPSA) is 0 Å². The summed E-state index contributed by atoms with van der Waals surface area (Å²) in [7, 11) is 0. The van der Waals surface area contributed by atoms with E-state index in [1.807, 2.05) is 13.8 Å². The molecule has 0 saturated heterocycles. The molecule has 2 fully saturated rings. The van der Waals surface area contributed by atoms with Crippen LogP contribution < -0.4 is 0 Å². The fourth-order valence-electron chi connectivity index (χ4n) is 5.53. The molecule has 0 heteroatoms. The molecule has 148 valence electrons. The molecule has 0 atom stereocenters. The Labute approximate surface area is 164 Å². The standard InChI is InChI=1S/C24H38.C2H6/c1-3-5-19-7-11-21(12-8-19)23-15-17-24(18-16-23)22-13-9-20(6-4-2)10-14-22;1-2/h7-8,11-12,20,22-24H,3-6,9-10,13-18H2,1-2H3;1-2H3. The van der Waals surface area contributed by atoms with Crippen LogP contribution in [-0.2, 0) is 6.42 Å². The predicted octanol–water partition coefficient (Wildman–Crippen LogP) is 8.55. The maximum absolute atomic E-state index is 2.42. The number of benzene rings is 1. The molecule has 0 bridgehead atoms. The molecule has 0 aromatic heterocycles. The highest BCUT2D eigenvalue weighted by atomic mass is 14.4. The fourth-order valence-corrected chi connectivity index (χ4v) is 5.53. The minimum atomic E-state index is 0.841. The van der Waals surface area contributed by atoms with Crippen LogP contribution in [0.15, 0.2) is 24.3 Å². The van der Waals surface area contributed by atoms with Gasteiger partial charge in [0.05, 0.1) is 0 Å². The molecule has 0 heterocycles. The van der Waals surface area contributed by atoms with Crippen molar-refractivity contribution in [1.29, 1.82) is 0 Å². The van der Waals surface area contributed by atoms with Crippen molar-refractivity contribution in [2.45, 2.75) is 111 Å². The highest BCUT2D eigenvalue weighted by molar-refractivity contribution is 5.26. The van der Waals surface area contributed by atoms with E-state index in [0.29, 0.717) is 0 Å². The Bertz CT molecular complexity index is 455. The summed E-state index contributed by atoms with van der Waals surface area (Å²) in [5.74, 6) is 4.01. The lowest BCUT2D eigenvalue weighted by Gasteiger charge is -2.38. The van der Waals surface area contributed by atoms with Gasteiger partial charge in [-0.3, -0.25) is 0 Å². The van der Waals surface area contributed by atoms with Crippen LogP contribution in [0.1, 0.15) is 115 Å². The molecule has 3 rings (SSSR count). The summed E-state index contributed by atoms with van der Waals surface area (Å²) in [4.78, 5) is 0. The fraction of sp³-hybridized carbons (Fsp3) is 0.769. The number of hydrogen-bond acceptors (Lipinski definition) is 0. The van der Waals surface area contributed by atoms with Crippen molar-refractivity contribution in [3.8, 4) is 0 Å². The van der Waals surface area contributed by atoms with E-state index in [0.717, 1.165) is 23.7 Å². The average Bonchev–Trinajstić information content (AvgIpc) is 2.71. The number of rotatable bonds is 6. The molecule has 2 aliphatic rings. The zero-order chi connectivity index (χ0) is 18.8. The third-order valence-electron chi connectivity index (χ3n) is 7.02. The molecule has 0 amide bonds. The van der Waals surface area contributed by atoms with Crippen molar-refractivity contribution >= 4 is 0 Å². The minimum absolute atomic E-state index is 0.841. The molecule has 0 N–H and O–H groups in total. The van der Waals surface area contributed by atoms with E-state index in [4.69, 9.17) is 0 Å². The van der Waals surface area contributed by atoms with Gasteiger partial charge in [-0.2, -0.15) is 0 Å². The van der Waals surface area contributed by atoms with Gasteiger partial charge in [-0.25, -0.2) is 0 Å². The van der Waals surface area contributed by atoms with Gasteiger partial charge in [0, 0.05) is 0 Å². The van der Waals surface area contributed by atoms with Crippen LogP contribution in [0.5, 0.6) is 0 Å². The smallest absolute Gasteiger partial charge is 0.0162 e. The van der Waals surface area contributed by atoms with E-state index in [1.165, 1.54) is 82.6 Å². The van der Waals surface area contributed by atoms with Crippen molar-refractivity contribution in [3.05, 3.63) is 35.4 Å². The van der Waals surface area contributed by atoms with Crippen LogP contribution in [0.25, 0.3) is 0 Å². The van der Waals surface area contributed by atoms with Crippen molar-refractivity contribution in [2.75, 3.05) is 0 Å². The first-order valence-corrected chi connectivity index (χ1v) is 11.9. The Morgan fingerprint density at radius 2 is 1.23 bits per heavy atom. The van der Waals surface area contributed by atoms with Crippen LogP contribution in [-0.4, -0.2) is 0 Å². The summed E-state index contributed by atoms with van der Waals surface area (Å²) >= 11 is 0. The summed E-state index contributed by atoms with van der Waals surface area (Å²) in [6.07, 6.45) is 17.3. The molecule has 2 saturated carbocycles. The van der Waals surface area contributed by atoms with Crippen LogP contribution in [0.4, 0.5) is 0 Å². The lowest BCUT2D eigenvalue weighted by atomic mass is 9.68. The van der Waals surface area contributed by atoms with Gasteiger partial charge in [0.15, 0.2) is 0 Å². The lowest BCUT2D eigenvalue weighted by molar-refractivity contribution is 0.156. The Kier molecular flexibility index (Phi) is 9.79. The molecule has 0 unspecified atom stereocenters. The Balaban J connectivity index is 0.00000117. The maximum Gasteiger partial charge on any atom is -0.0162 e. The Hall–Kier alpha value is -0.780. The van der Waals surface area contributed by atoms with Crippen LogP contribution in [0.2, 0.25) is 0 Å². The van der Waals surface area contributed by atoms with Crippen LogP contribution >= 0.6 is 0 Å². The first-order chi connectivity index (χ1) is 12.8. The molecule has 1 aromatic carbocycles. The van der Waals surface area contributed by atoms with Crippen molar-refractivity contribution in [1.82, 2.24) is 0 Å². The zero-order valence-corrected chi connectivity index (χ0v) is 18.1. The average molecular weight is 357 g/mol. The van der Waals surface area contributed by atoms with Crippen molar-refractivity contribution in [3.63, 3.8) is 0 Å². The molecule has 0 radical (unpaired) electrons. The molecule has 1 aromatic rings. The number of hydrogen-bond donors (Lipinski definition) is 0. The van der Waals surface area contributed by atoms with E-state index >= 15 is 0 Å². The summed E-state index contributed by atoms with van der Waals surface area (Å²) in [6.45, 7) is 8.62. The normalized spacial score (nSPS) is 28.9. The van der Waals surface area contributed by atoms with E-state index in [9.17, 15) is 0 Å². The van der Waals surface area contributed by atoms with Crippen LogP contribution in [0.3, 0.4) is 0 Å². The Morgan fingerprint density at radius 1 is 0.692 bits per heavy atom. The van der Waals surface area contributed by atoms with Gasteiger partial charge in [-0.15, -0.1) is 0 Å². The van der Waals surface area contributed by atoms with Crippen LogP contribution in [0, 0.1) is 17.8 Å². The lowest BCUT2D eigenvalue weighted by Crippen LogP contribution is -2.25. The summed E-state index contributed by atoms with van der Waals surface area (Å²) in [5, 5.41) is 0. The van der Waals surface area contributed by atoms with Gasteiger partial charge in [-0.1, -0.05) is 84.1 Å². The SMILES string of the molecule is CC.CCCc1ccc(C2CCC(C3CCC(CCC)CC3)CC2)cc1. The first-order valence-electron chi connectivity index (χ1n) is 11.9. The molecule has 0 aliphatic heterocycles. The summed E-state index contributed by atoms with van der Waals surface area (Å²) in [5.41, 5.74) is 3.12. The predicted molar refractivity (Wildman–Crippen MR) is 117 cm³/mol. The van der Waals surface area contributed by atoms with Gasteiger partial charge in [0.2, 0.25) is 0 Å². The monoisotopic (exact) mass is 356 g/mol. The highest BCUT2D eigenvalue weighted by Gasteiger charge is 2.30. The largest absolute Gasteiger partial charge is 0.0683 e. The molecule has 26 heavy (non-hydrogen) atoms. The molecular weight excluding hydrogens is 312 g/mol. The number of aryl methyl sites for hydroxylation is 1. The minimum Gasteiger partial charge on any atom is -0.0683 e. The van der Waals surface area contributed by atoms with Gasteiger partial charge in [-0.05, 0) is 79.7 Å². The summed E-state index contributed by atoms with van der Waals surface area (Å²) < 4.78 is 0. The van der Waals surface area contributed by atoms with Crippen molar-refractivity contribution in [2.24, 2.45) is 17.8 Å². The highest BCUT2D eigenvalue weighted by Crippen LogP contribution is 2.44. The van der Waals surface area contributed by atoms with E-state index in [1.54, 1.807) is 5.56 Å². The summed E-state index contributed by atoms with van der Waals surface area (Å²) in [6, 6.07) is 9.59. The third kappa shape index (κ3) is 6.14. The second-order valence-corrected chi connectivity index (χ2v) is 8.67. The third-order valence-corrected chi connectivity index (χ3v) is 7.02. The second kappa shape index (κ2) is 11.8. The maximum atomic E-state index is 2.42. The molecule has 0 nitrogen and oxygen atoms in total. The molecular formula is C26H44. The first kappa shape index (κ1) is 21.5.